The van der Waals surface area contributed by atoms with Gasteiger partial charge in [0, 0.05) is 18.9 Å². The highest BCUT2D eigenvalue weighted by molar-refractivity contribution is 5.91. The molecule has 0 heterocycles. The average Bonchev–Trinajstić information content (AvgIpc) is 2.82. The fourth-order valence-electron chi connectivity index (χ4n) is 3.55. The first kappa shape index (κ1) is 23.3. The third-order valence-electron chi connectivity index (χ3n) is 5.66. The van der Waals surface area contributed by atoms with E-state index in [1.54, 1.807) is 0 Å². The summed E-state index contributed by atoms with van der Waals surface area (Å²) in [6.45, 7) is 6.72. The van der Waals surface area contributed by atoms with E-state index < -0.39 is 6.04 Å². The number of fused-ring (bicyclic) bond motifs is 1. The van der Waals surface area contributed by atoms with Crippen molar-refractivity contribution in [1.29, 1.82) is 0 Å². The van der Waals surface area contributed by atoms with Crippen LogP contribution in [0, 0.1) is 5.92 Å². The minimum atomic E-state index is -0.629. The van der Waals surface area contributed by atoms with Crippen molar-refractivity contribution >= 4 is 22.6 Å². The molecule has 0 aliphatic rings. The number of hydrogen-bond donors (Lipinski definition) is 2. The lowest BCUT2D eigenvalue weighted by atomic mass is 9.97. The molecule has 0 aromatic heterocycles. The summed E-state index contributed by atoms with van der Waals surface area (Å²) in [5.41, 5.74) is 2.10. The molecule has 5 heteroatoms. The first-order valence-electron chi connectivity index (χ1n) is 11.3. The molecule has 3 rings (SSSR count). The van der Waals surface area contributed by atoms with Gasteiger partial charge in [-0.3, -0.25) is 9.59 Å². The van der Waals surface area contributed by atoms with Crippen molar-refractivity contribution in [3.8, 4) is 5.75 Å². The Morgan fingerprint density at radius 3 is 2.44 bits per heavy atom. The van der Waals surface area contributed by atoms with Gasteiger partial charge in [0.15, 0.2) is 0 Å². The summed E-state index contributed by atoms with van der Waals surface area (Å²) in [7, 11) is 0. The Labute approximate surface area is 190 Å². The van der Waals surface area contributed by atoms with Crippen LogP contribution in [0.4, 0.5) is 0 Å². The number of ether oxygens (including phenoxy) is 1. The topological polar surface area (TPSA) is 67.4 Å². The van der Waals surface area contributed by atoms with Gasteiger partial charge in [0.05, 0.1) is 0 Å². The van der Waals surface area contributed by atoms with Crippen LogP contribution in [0.5, 0.6) is 5.75 Å². The molecule has 3 aromatic rings. The molecule has 32 heavy (non-hydrogen) atoms. The molecule has 0 saturated heterocycles. The van der Waals surface area contributed by atoms with E-state index in [0.29, 0.717) is 19.6 Å². The van der Waals surface area contributed by atoms with E-state index in [-0.39, 0.29) is 17.7 Å². The Balaban J connectivity index is 1.84. The fourth-order valence-corrected chi connectivity index (χ4v) is 3.55. The largest absolute Gasteiger partial charge is 0.489 e. The van der Waals surface area contributed by atoms with Crippen molar-refractivity contribution in [2.45, 2.75) is 46.3 Å². The van der Waals surface area contributed by atoms with Crippen LogP contribution >= 0.6 is 0 Å². The van der Waals surface area contributed by atoms with Gasteiger partial charge in [-0.15, -0.1) is 0 Å². The molecule has 0 radical (unpaired) electrons. The lowest BCUT2D eigenvalue weighted by Crippen LogP contribution is -2.49. The molecule has 168 valence electrons. The van der Waals surface area contributed by atoms with Gasteiger partial charge in [-0.1, -0.05) is 68.4 Å². The van der Waals surface area contributed by atoms with Crippen molar-refractivity contribution in [2.75, 3.05) is 6.54 Å². The van der Waals surface area contributed by atoms with Crippen LogP contribution in [-0.4, -0.2) is 24.4 Å². The van der Waals surface area contributed by atoms with E-state index >= 15 is 0 Å². The monoisotopic (exact) mass is 432 g/mol. The van der Waals surface area contributed by atoms with Crippen LogP contribution < -0.4 is 15.4 Å². The summed E-state index contributed by atoms with van der Waals surface area (Å²) in [5.74, 6) is 0.359. The summed E-state index contributed by atoms with van der Waals surface area (Å²) >= 11 is 0. The summed E-state index contributed by atoms with van der Waals surface area (Å²) in [6.07, 6.45) is 1.14. The minimum absolute atomic E-state index is 0.101. The van der Waals surface area contributed by atoms with E-state index in [1.165, 1.54) is 0 Å². The van der Waals surface area contributed by atoms with Gasteiger partial charge in [-0.25, -0.2) is 0 Å². The number of amides is 2. The predicted molar refractivity (Wildman–Crippen MR) is 128 cm³/mol. The molecule has 3 aromatic carbocycles. The van der Waals surface area contributed by atoms with E-state index in [1.807, 2.05) is 87.5 Å². The number of carbonyl (C=O) groups excluding carboxylic acids is 2. The van der Waals surface area contributed by atoms with Crippen molar-refractivity contribution in [2.24, 2.45) is 5.92 Å². The number of benzene rings is 3. The molecule has 0 bridgehead atoms. The molecule has 2 atom stereocenters. The molecule has 0 aliphatic carbocycles. The lowest BCUT2D eigenvalue weighted by molar-refractivity contribution is -0.130. The Bertz CT molecular complexity index is 1050. The van der Waals surface area contributed by atoms with Gasteiger partial charge in [-0.05, 0) is 47.4 Å². The first-order chi connectivity index (χ1) is 15.5. The van der Waals surface area contributed by atoms with Crippen LogP contribution in [-0.2, 0) is 22.6 Å². The van der Waals surface area contributed by atoms with Gasteiger partial charge >= 0.3 is 0 Å². The molecule has 0 aliphatic heterocycles. The molecule has 0 spiro atoms. The Morgan fingerprint density at radius 1 is 0.938 bits per heavy atom. The van der Waals surface area contributed by atoms with Crippen LogP contribution in [0.1, 0.15) is 38.3 Å². The second-order valence-electron chi connectivity index (χ2n) is 8.04. The van der Waals surface area contributed by atoms with Crippen molar-refractivity contribution in [3.05, 3.63) is 77.9 Å². The molecular formula is C27H32N2O3. The minimum Gasteiger partial charge on any atom is -0.489 e. The summed E-state index contributed by atoms with van der Waals surface area (Å²) in [4.78, 5) is 25.2. The molecule has 2 N–H and O–H groups in total. The Kier molecular flexibility index (Phi) is 8.26. The molecule has 0 saturated carbocycles. The normalized spacial score (nSPS) is 12.7. The number of hydrogen-bond acceptors (Lipinski definition) is 3. The molecular weight excluding hydrogens is 400 g/mol. The maximum Gasteiger partial charge on any atom is 0.242 e. The second kappa shape index (κ2) is 11.3. The average molecular weight is 433 g/mol. The highest BCUT2D eigenvalue weighted by Crippen LogP contribution is 2.26. The zero-order valence-corrected chi connectivity index (χ0v) is 19.1. The number of carbonyl (C=O) groups is 2. The smallest absolute Gasteiger partial charge is 0.242 e. The third kappa shape index (κ3) is 6.10. The summed E-state index contributed by atoms with van der Waals surface area (Å²) in [5, 5.41) is 7.88. The van der Waals surface area contributed by atoms with Gasteiger partial charge in [0.2, 0.25) is 11.8 Å². The number of likely N-dealkylation sites (N-methyl/N-ethyl adjacent to an activating group) is 1. The number of rotatable bonds is 10. The zero-order valence-electron chi connectivity index (χ0n) is 19.1. The van der Waals surface area contributed by atoms with Crippen LogP contribution in [0.3, 0.4) is 0 Å². The maximum atomic E-state index is 12.7. The third-order valence-corrected chi connectivity index (χ3v) is 5.66. The molecule has 0 fully saturated rings. The highest BCUT2D eigenvalue weighted by atomic mass is 16.5. The van der Waals surface area contributed by atoms with E-state index in [4.69, 9.17) is 4.74 Å². The highest BCUT2D eigenvalue weighted by Gasteiger charge is 2.23. The standard InChI is InChI=1S/C27H32N2O3/c1-4-19(3)26(30)29-25(27(31)28-5-2)16-22-13-9-12-21-14-15-23(17-24(21)22)32-18-20-10-7-6-8-11-20/h6-15,17,19,25H,4-5,16,18H2,1-3H3,(H,28,31)(H,29,30)/t19?,25-/m0/s1. The van der Waals surface area contributed by atoms with Crippen molar-refractivity contribution in [1.82, 2.24) is 10.6 Å². The van der Waals surface area contributed by atoms with Gasteiger partial charge < -0.3 is 15.4 Å². The summed E-state index contributed by atoms with van der Waals surface area (Å²) < 4.78 is 6.01. The summed E-state index contributed by atoms with van der Waals surface area (Å²) in [6, 6.07) is 21.4. The zero-order chi connectivity index (χ0) is 22.9. The first-order valence-corrected chi connectivity index (χ1v) is 11.3. The SMILES string of the molecule is CCNC(=O)[C@H](Cc1cccc2ccc(OCc3ccccc3)cc12)NC(=O)C(C)CC. The van der Waals surface area contributed by atoms with E-state index in [9.17, 15) is 9.59 Å². The van der Waals surface area contributed by atoms with E-state index in [0.717, 1.165) is 34.1 Å². The predicted octanol–water partition coefficient (Wildman–Crippen LogP) is 4.63. The second-order valence-corrected chi connectivity index (χ2v) is 8.04. The van der Waals surface area contributed by atoms with Crippen LogP contribution in [0.2, 0.25) is 0 Å². The van der Waals surface area contributed by atoms with Crippen LogP contribution in [0.25, 0.3) is 10.8 Å². The quantitative estimate of drug-likeness (QED) is 0.491. The van der Waals surface area contributed by atoms with Gasteiger partial charge in [-0.2, -0.15) is 0 Å². The van der Waals surface area contributed by atoms with Gasteiger partial charge in [0.25, 0.3) is 0 Å². The molecule has 1 unspecified atom stereocenters. The lowest BCUT2D eigenvalue weighted by Gasteiger charge is -2.21. The molecule has 2 amide bonds. The molecule has 5 nitrogen and oxygen atoms in total. The van der Waals surface area contributed by atoms with Crippen molar-refractivity contribution < 1.29 is 14.3 Å². The van der Waals surface area contributed by atoms with Crippen molar-refractivity contribution in [3.63, 3.8) is 0 Å². The van der Waals surface area contributed by atoms with Crippen LogP contribution in [0.15, 0.2) is 66.7 Å². The van der Waals surface area contributed by atoms with Gasteiger partial charge in [0.1, 0.15) is 18.4 Å². The maximum absolute atomic E-state index is 12.7. The Hall–Kier alpha value is -3.34. The Morgan fingerprint density at radius 2 is 1.72 bits per heavy atom. The number of nitrogens with one attached hydrogen (secondary N) is 2. The van der Waals surface area contributed by atoms with E-state index in [2.05, 4.69) is 10.6 Å². The fraction of sp³-hybridized carbons (Fsp3) is 0.333.